The molecule has 2 atom stereocenters. The highest BCUT2D eigenvalue weighted by Gasteiger charge is 2.43. The SMILES string of the molecule is COc1cncc(-c2cccc(C3(c4ccc(OC)c(F)c4)COC(NNC4=N[C@@](c5cccc(-c6cncc(Cl)c6)c5)(c5ccc(OC(F)F)c(C)c5)CO4)=N3)c2)c1. The zero-order chi connectivity index (χ0) is 41.1. The van der Waals surface area contributed by atoms with Crippen LogP contribution in [-0.4, -0.2) is 56.1 Å². The van der Waals surface area contributed by atoms with E-state index < -0.39 is 23.5 Å². The molecular formula is C44H36ClF3N6O5. The van der Waals surface area contributed by atoms with Crippen molar-refractivity contribution in [3.8, 4) is 39.5 Å². The number of rotatable bonds is 10. The predicted octanol–water partition coefficient (Wildman–Crippen LogP) is 8.58. The first kappa shape index (κ1) is 39.0. The van der Waals surface area contributed by atoms with Crippen molar-refractivity contribution in [1.29, 1.82) is 0 Å². The van der Waals surface area contributed by atoms with E-state index in [0.717, 1.165) is 33.4 Å². The number of aryl methyl sites for hydroxylation is 1. The maximum Gasteiger partial charge on any atom is 0.387 e. The van der Waals surface area contributed by atoms with Crippen molar-refractivity contribution < 1.29 is 36.9 Å². The fraction of sp³-hybridized carbons (Fsp3) is 0.182. The highest BCUT2D eigenvalue weighted by molar-refractivity contribution is 6.30. The number of hydrazine groups is 1. The molecule has 0 spiro atoms. The van der Waals surface area contributed by atoms with E-state index in [1.54, 1.807) is 69.2 Å². The van der Waals surface area contributed by atoms with Crippen LogP contribution in [0.25, 0.3) is 22.3 Å². The Morgan fingerprint density at radius 1 is 0.644 bits per heavy atom. The van der Waals surface area contributed by atoms with Crippen LogP contribution < -0.4 is 25.1 Å². The minimum absolute atomic E-state index is 0.0112. The molecule has 8 rings (SSSR count). The summed E-state index contributed by atoms with van der Waals surface area (Å²) < 4.78 is 69.4. The zero-order valence-electron chi connectivity index (χ0n) is 31.9. The molecule has 0 saturated carbocycles. The standard InChI is InChI=1S/C44H36ClF3N6O5/c1-26-14-33(10-12-38(26)59-40(47)48)43(31-8-4-6-27(15-31)29-17-35(45)22-49-20-29)24-57-41(51-43)53-54-42-52-44(25-58-42,34-11-13-39(56-3)37(46)19-34)32-9-5-7-28(16-32)30-18-36(55-2)23-50-21-30/h4-23,40H,24-25H2,1-3H3,(H,51,53)(H,52,54)/t43-,44?/m0/s1. The largest absolute Gasteiger partial charge is 0.495 e. The Morgan fingerprint density at radius 2 is 1.20 bits per heavy atom. The summed E-state index contributed by atoms with van der Waals surface area (Å²) in [7, 11) is 2.97. The van der Waals surface area contributed by atoms with Crippen molar-refractivity contribution in [3.05, 3.63) is 161 Å². The van der Waals surface area contributed by atoms with Gasteiger partial charge in [0.2, 0.25) is 0 Å². The van der Waals surface area contributed by atoms with Crippen LogP contribution in [0.1, 0.15) is 27.8 Å². The molecule has 59 heavy (non-hydrogen) atoms. The highest BCUT2D eigenvalue weighted by Crippen LogP contribution is 2.42. The minimum Gasteiger partial charge on any atom is -0.495 e. The van der Waals surface area contributed by atoms with Gasteiger partial charge in [0.05, 0.1) is 25.4 Å². The van der Waals surface area contributed by atoms with E-state index in [1.807, 2.05) is 54.6 Å². The third-order valence-electron chi connectivity index (χ3n) is 10.2. The second-order valence-corrected chi connectivity index (χ2v) is 14.2. The summed E-state index contributed by atoms with van der Waals surface area (Å²) in [5.41, 5.74) is 10.0. The molecule has 2 N–H and O–H groups in total. The van der Waals surface area contributed by atoms with E-state index in [9.17, 15) is 8.78 Å². The van der Waals surface area contributed by atoms with Gasteiger partial charge in [0.15, 0.2) is 22.6 Å². The lowest BCUT2D eigenvalue weighted by Gasteiger charge is -2.26. The molecule has 11 nitrogen and oxygen atoms in total. The molecule has 1 unspecified atom stereocenters. The quantitative estimate of drug-likeness (QED) is 0.131. The van der Waals surface area contributed by atoms with Crippen LogP contribution in [0.5, 0.6) is 17.2 Å². The monoisotopic (exact) mass is 820 g/mol. The smallest absolute Gasteiger partial charge is 0.387 e. The van der Waals surface area contributed by atoms with Gasteiger partial charge >= 0.3 is 18.7 Å². The molecule has 4 heterocycles. The third-order valence-corrected chi connectivity index (χ3v) is 10.4. The molecule has 4 aromatic carbocycles. The van der Waals surface area contributed by atoms with Gasteiger partial charge in [0, 0.05) is 29.7 Å². The molecule has 300 valence electrons. The number of pyridine rings is 2. The van der Waals surface area contributed by atoms with Crippen LogP contribution in [0, 0.1) is 12.7 Å². The summed E-state index contributed by atoms with van der Waals surface area (Å²) in [6, 6.07) is 28.8. The molecule has 0 bridgehead atoms. The molecule has 0 aliphatic carbocycles. The van der Waals surface area contributed by atoms with Crippen molar-refractivity contribution in [2.45, 2.75) is 24.6 Å². The van der Waals surface area contributed by atoms with Crippen molar-refractivity contribution in [2.24, 2.45) is 9.98 Å². The predicted molar refractivity (Wildman–Crippen MR) is 216 cm³/mol. The normalized spacial score (nSPS) is 18.4. The second kappa shape index (κ2) is 16.2. The number of hydrogen-bond acceptors (Lipinski definition) is 11. The van der Waals surface area contributed by atoms with Gasteiger partial charge in [-0.3, -0.25) is 9.97 Å². The summed E-state index contributed by atoms with van der Waals surface area (Å²) in [5.74, 6) is 0.170. The number of amidine groups is 2. The Balaban J connectivity index is 1.15. The number of halogens is 4. The number of hydrogen-bond donors (Lipinski definition) is 2. The van der Waals surface area contributed by atoms with E-state index >= 15 is 4.39 Å². The summed E-state index contributed by atoms with van der Waals surface area (Å²) in [5, 5.41) is 0.479. The number of ether oxygens (including phenoxy) is 5. The average Bonchev–Trinajstić information content (AvgIpc) is 3.90. The van der Waals surface area contributed by atoms with Crippen LogP contribution in [0.3, 0.4) is 0 Å². The molecule has 0 radical (unpaired) electrons. The maximum absolute atomic E-state index is 15.3. The minimum atomic E-state index is -2.98. The highest BCUT2D eigenvalue weighted by atomic mass is 35.5. The fourth-order valence-corrected chi connectivity index (χ4v) is 7.38. The number of nitrogens with zero attached hydrogens (tertiary/aromatic N) is 4. The molecule has 2 aromatic heterocycles. The van der Waals surface area contributed by atoms with Crippen molar-refractivity contribution in [2.75, 3.05) is 27.4 Å². The van der Waals surface area contributed by atoms with Gasteiger partial charge < -0.3 is 23.7 Å². The van der Waals surface area contributed by atoms with Crippen LogP contribution in [0.15, 0.2) is 132 Å². The Labute approximate surface area is 342 Å². The lowest BCUT2D eigenvalue weighted by atomic mass is 9.82. The van der Waals surface area contributed by atoms with Gasteiger partial charge in [-0.25, -0.2) is 25.2 Å². The molecule has 2 aliphatic rings. The molecule has 0 saturated heterocycles. The Hall–Kier alpha value is -6.80. The summed E-state index contributed by atoms with van der Waals surface area (Å²) in [6.45, 7) is -1.25. The first-order chi connectivity index (χ1) is 28.6. The Morgan fingerprint density at radius 3 is 1.75 bits per heavy atom. The van der Waals surface area contributed by atoms with Gasteiger partial charge in [-0.15, -0.1) is 0 Å². The molecule has 15 heteroatoms. The third kappa shape index (κ3) is 7.78. The van der Waals surface area contributed by atoms with E-state index in [1.165, 1.54) is 19.2 Å². The van der Waals surface area contributed by atoms with E-state index in [2.05, 4.69) is 20.8 Å². The Bertz CT molecular complexity index is 2600. The summed E-state index contributed by atoms with van der Waals surface area (Å²) >= 11 is 6.28. The molecular weight excluding hydrogens is 785 g/mol. The summed E-state index contributed by atoms with van der Waals surface area (Å²) in [4.78, 5) is 18.6. The van der Waals surface area contributed by atoms with Crippen LogP contribution >= 0.6 is 11.6 Å². The number of aromatic nitrogens is 2. The van der Waals surface area contributed by atoms with Gasteiger partial charge in [0.1, 0.15) is 24.7 Å². The van der Waals surface area contributed by atoms with Gasteiger partial charge in [-0.1, -0.05) is 60.1 Å². The lowest BCUT2D eigenvalue weighted by Crippen LogP contribution is -2.42. The first-order valence-corrected chi connectivity index (χ1v) is 18.7. The van der Waals surface area contributed by atoms with Crippen molar-refractivity contribution in [1.82, 2.24) is 20.8 Å². The lowest BCUT2D eigenvalue weighted by molar-refractivity contribution is -0.0503. The maximum atomic E-state index is 15.3. The van der Waals surface area contributed by atoms with E-state index in [0.29, 0.717) is 27.5 Å². The average molecular weight is 821 g/mol. The van der Waals surface area contributed by atoms with Crippen molar-refractivity contribution >= 4 is 23.6 Å². The van der Waals surface area contributed by atoms with Crippen LogP contribution in [0.4, 0.5) is 13.2 Å². The molecule has 0 amide bonds. The van der Waals surface area contributed by atoms with Crippen LogP contribution in [-0.2, 0) is 20.6 Å². The van der Waals surface area contributed by atoms with Crippen LogP contribution in [0.2, 0.25) is 5.02 Å². The first-order valence-electron chi connectivity index (χ1n) is 18.3. The number of alkyl halides is 2. The van der Waals surface area contributed by atoms with Gasteiger partial charge in [-0.05, 0) is 94.4 Å². The fourth-order valence-electron chi connectivity index (χ4n) is 7.21. The number of benzene rings is 4. The summed E-state index contributed by atoms with van der Waals surface area (Å²) in [6.07, 6.45) is 6.61. The number of methoxy groups -OCH3 is 2. The van der Waals surface area contributed by atoms with Crippen molar-refractivity contribution in [3.63, 3.8) is 0 Å². The molecule has 6 aromatic rings. The second-order valence-electron chi connectivity index (χ2n) is 13.8. The van der Waals surface area contributed by atoms with Gasteiger partial charge in [0.25, 0.3) is 0 Å². The topological polar surface area (TPSA) is 121 Å². The molecule has 2 aliphatic heterocycles. The van der Waals surface area contributed by atoms with E-state index in [4.69, 9.17) is 45.3 Å². The number of aliphatic imine (C=N–C) groups is 2. The zero-order valence-corrected chi connectivity index (χ0v) is 32.6. The molecule has 0 fully saturated rings. The number of nitrogens with one attached hydrogen (secondary N) is 2. The van der Waals surface area contributed by atoms with Gasteiger partial charge in [-0.2, -0.15) is 8.78 Å². The Kier molecular flexibility index (Phi) is 10.7. The van der Waals surface area contributed by atoms with E-state index in [-0.39, 0.29) is 36.8 Å².